The van der Waals surface area contributed by atoms with Gasteiger partial charge in [-0.1, -0.05) is 91.0 Å². The summed E-state index contributed by atoms with van der Waals surface area (Å²) in [6.45, 7) is 0.675. The van der Waals surface area contributed by atoms with Gasteiger partial charge in [-0.25, -0.2) is 4.79 Å². The highest BCUT2D eigenvalue weighted by atomic mass is 32.1. The SMILES string of the molecule is O=C(O)c1cc2c(-c3ccccc3)c(-c3ccccc3)n(Cc3ccccc3)c2s1. The minimum atomic E-state index is -0.886. The number of aromatic nitrogens is 1. The molecule has 30 heavy (non-hydrogen) atoms. The van der Waals surface area contributed by atoms with Crippen LogP contribution in [0.4, 0.5) is 0 Å². The molecular formula is C26H19NO2S. The zero-order chi connectivity index (χ0) is 20.5. The molecule has 0 radical (unpaired) electrons. The van der Waals surface area contributed by atoms with Gasteiger partial charge >= 0.3 is 5.97 Å². The molecule has 3 aromatic carbocycles. The van der Waals surface area contributed by atoms with Crippen molar-refractivity contribution < 1.29 is 9.90 Å². The van der Waals surface area contributed by atoms with Gasteiger partial charge in [0.1, 0.15) is 9.71 Å². The van der Waals surface area contributed by atoms with Gasteiger partial charge in [0.15, 0.2) is 0 Å². The van der Waals surface area contributed by atoms with Crippen molar-refractivity contribution in [3.05, 3.63) is 108 Å². The molecule has 5 rings (SSSR count). The van der Waals surface area contributed by atoms with E-state index in [0.29, 0.717) is 11.4 Å². The van der Waals surface area contributed by atoms with E-state index in [1.54, 1.807) is 0 Å². The van der Waals surface area contributed by atoms with Crippen LogP contribution in [0.1, 0.15) is 15.2 Å². The zero-order valence-electron chi connectivity index (χ0n) is 16.2. The van der Waals surface area contributed by atoms with Crippen LogP contribution in [0.2, 0.25) is 0 Å². The third-order valence-electron chi connectivity index (χ3n) is 5.24. The van der Waals surface area contributed by atoms with Gasteiger partial charge in [0.2, 0.25) is 0 Å². The van der Waals surface area contributed by atoms with Crippen molar-refractivity contribution >= 4 is 27.5 Å². The van der Waals surface area contributed by atoms with E-state index in [2.05, 4.69) is 41.0 Å². The second-order valence-corrected chi connectivity index (χ2v) is 8.19. The van der Waals surface area contributed by atoms with E-state index in [9.17, 15) is 9.90 Å². The van der Waals surface area contributed by atoms with Gasteiger partial charge in [-0.2, -0.15) is 0 Å². The molecule has 0 aliphatic carbocycles. The number of hydrogen-bond acceptors (Lipinski definition) is 2. The first-order chi connectivity index (χ1) is 14.7. The van der Waals surface area contributed by atoms with Crippen molar-refractivity contribution in [2.45, 2.75) is 6.54 Å². The van der Waals surface area contributed by atoms with E-state index in [4.69, 9.17) is 0 Å². The first kappa shape index (κ1) is 18.4. The highest BCUT2D eigenvalue weighted by Crippen LogP contribution is 2.44. The van der Waals surface area contributed by atoms with Crippen molar-refractivity contribution in [3.8, 4) is 22.4 Å². The monoisotopic (exact) mass is 409 g/mol. The van der Waals surface area contributed by atoms with Crippen molar-refractivity contribution in [1.82, 2.24) is 4.57 Å². The summed E-state index contributed by atoms with van der Waals surface area (Å²) in [6, 6.07) is 32.7. The van der Waals surface area contributed by atoms with Crippen LogP contribution in [0, 0.1) is 0 Å². The molecule has 1 N–H and O–H groups in total. The Bertz CT molecular complexity index is 1320. The molecule has 146 valence electrons. The maximum absolute atomic E-state index is 11.7. The third kappa shape index (κ3) is 3.21. The summed E-state index contributed by atoms with van der Waals surface area (Å²) >= 11 is 1.34. The second kappa shape index (κ2) is 7.65. The molecule has 5 aromatic rings. The van der Waals surface area contributed by atoms with Gasteiger partial charge in [-0.05, 0) is 22.8 Å². The Kier molecular flexibility index (Phi) is 4.69. The molecule has 4 heteroatoms. The van der Waals surface area contributed by atoms with E-state index in [1.807, 2.05) is 60.7 Å². The summed E-state index contributed by atoms with van der Waals surface area (Å²) in [7, 11) is 0. The van der Waals surface area contributed by atoms with Crippen molar-refractivity contribution in [2.75, 3.05) is 0 Å². The van der Waals surface area contributed by atoms with E-state index >= 15 is 0 Å². The topological polar surface area (TPSA) is 42.2 Å². The average molecular weight is 410 g/mol. The Labute approximate surface area is 178 Å². The Morgan fingerprint density at radius 1 is 0.800 bits per heavy atom. The minimum Gasteiger partial charge on any atom is -0.477 e. The van der Waals surface area contributed by atoms with Gasteiger partial charge < -0.3 is 9.67 Å². The Morgan fingerprint density at radius 2 is 1.37 bits per heavy atom. The van der Waals surface area contributed by atoms with Crippen molar-refractivity contribution in [1.29, 1.82) is 0 Å². The third-order valence-corrected chi connectivity index (χ3v) is 6.38. The normalized spacial score (nSPS) is 11.1. The molecule has 2 heterocycles. The molecule has 0 atom stereocenters. The lowest BCUT2D eigenvalue weighted by molar-refractivity contribution is 0.0702. The average Bonchev–Trinajstić information content (AvgIpc) is 3.34. The highest BCUT2D eigenvalue weighted by Gasteiger charge is 2.23. The van der Waals surface area contributed by atoms with Crippen LogP contribution < -0.4 is 0 Å². The number of carbonyl (C=O) groups is 1. The molecule has 0 aliphatic rings. The first-order valence-electron chi connectivity index (χ1n) is 9.76. The number of carboxylic acid groups (broad SMARTS) is 1. The van der Waals surface area contributed by atoms with Gasteiger partial charge in [0.05, 0.1) is 5.69 Å². The van der Waals surface area contributed by atoms with E-state index in [1.165, 1.54) is 16.9 Å². The highest BCUT2D eigenvalue weighted by molar-refractivity contribution is 7.20. The lowest BCUT2D eigenvalue weighted by Crippen LogP contribution is -2.02. The number of nitrogens with zero attached hydrogens (tertiary/aromatic N) is 1. The Balaban J connectivity index is 1.86. The minimum absolute atomic E-state index is 0.360. The van der Waals surface area contributed by atoms with Crippen LogP contribution >= 0.6 is 11.3 Å². The zero-order valence-corrected chi connectivity index (χ0v) is 17.0. The quantitative estimate of drug-likeness (QED) is 0.347. The molecule has 3 nitrogen and oxygen atoms in total. The Morgan fingerprint density at radius 3 is 1.97 bits per heavy atom. The Hall–Kier alpha value is -3.63. The predicted octanol–water partition coefficient (Wildman–Crippen LogP) is 6.78. The number of aromatic carboxylic acids is 1. The second-order valence-electron chi connectivity index (χ2n) is 7.16. The maximum atomic E-state index is 11.7. The van der Waals surface area contributed by atoms with Crippen LogP contribution in [-0.4, -0.2) is 15.6 Å². The number of rotatable bonds is 5. The van der Waals surface area contributed by atoms with Crippen LogP contribution in [0.5, 0.6) is 0 Å². The molecule has 0 unspecified atom stereocenters. The van der Waals surface area contributed by atoms with E-state index < -0.39 is 5.97 Å². The van der Waals surface area contributed by atoms with Crippen molar-refractivity contribution in [2.24, 2.45) is 0 Å². The van der Waals surface area contributed by atoms with Crippen LogP contribution in [0.25, 0.3) is 32.6 Å². The molecule has 0 amide bonds. The summed E-state index contributed by atoms with van der Waals surface area (Å²) in [5.41, 5.74) is 5.58. The molecule has 0 aliphatic heterocycles. The van der Waals surface area contributed by atoms with Crippen molar-refractivity contribution in [3.63, 3.8) is 0 Å². The van der Waals surface area contributed by atoms with Gasteiger partial charge in [0, 0.05) is 17.5 Å². The maximum Gasteiger partial charge on any atom is 0.345 e. The summed E-state index contributed by atoms with van der Waals surface area (Å²) < 4.78 is 2.26. The molecular weight excluding hydrogens is 390 g/mol. The van der Waals surface area contributed by atoms with Crippen LogP contribution in [0.15, 0.2) is 97.1 Å². The fraction of sp³-hybridized carbons (Fsp3) is 0.0385. The van der Waals surface area contributed by atoms with E-state index in [-0.39, 0.29) is 0 Å². The summed E-state index contributed by atoms with van der Waals surface area (Å²) in [6.07, 6.45) is 0. The molecule has 0 saturated heterocycles. The molecule has 0 fully saturated rings. The van der Waals surface area contributed by atoms with Gasteiger partial charge in [-0.3, -0.25) is 0 Å². The number of fused-ring (bicyclic) bond motifs is 1. The lowest BCUT2D eigenvalue weighted by Gasteiger charge is -2.13. The first-order valence-corrected chi connectivity index (χ1v) is 10.6. The van der Waals surface area contributed by atoms with Gasteiger partial charge in [0.25, 0.3) is 0 Å². The van der Waals surface area contributed by atoms with Gasteiger partial charge in [-0.15, -0.1) is 11.3 Å². The van der Waals surface area contributed by atoms with Crippen LogP contribution in [0.3, 0.4) is 0 Å². The number of hydrogen-bond donors (Lipinski definition) is 1. The summed E-state index contributed by atoms with van der Waals surface area (Å²) in [4.78, 5) is 13.1. The molecule has 0 saturated carbocycles. The molecule has 0 bridgehead atoms. The summed E-state index contributed by atoms with van der Waals surface area (Å²) in [5, 5.41) is 10.6. The number of thiophene rings is 1. The number of carboxylic acids is 1. The predicted molar refractivity (Wildman–Crippen MR) is 123 cm³/mol. The van der Waals surface area contributed by atoms with E-state index in [0.717, 1.165) is 32.6 Å². The standard InChI is InChI=1S/C26H19NO2S/c28-26(29)22-16-21-23(19-12-6-2-7-13-19)24(20-14-8-3-9-15-20)27(25(21)30-22)17-18-10-4-1-5-11-18/h1-16H,17H2,(H,28,29). The smallest absolute Gasteiger partial charge is 0.345 e. The number of benzene rings is 3. The molecule has 0 spiro atoms. The fourth-order valence-electron chi connectivity index (χ4n) is 3.94. The largest absolute Gasteiger partial charge is 0.477 e. The fourth-order valence-corrected chi connectivity index (χ4v) is 4.95. The van der Waals surface area contributed by atoms with Crippen LogP contribution in [-0.2, 0) is 6.54 Å². The summed E-state index contributed by atoms with van der Waals surface area (Å²) in [5.74, 6) is -0.886. The lowest BCUT2D eigenvalue weighted by atomic mass is 9.99. The molecule has 2 aromatic heterocycles.